The Hall–Kier alpha value is -7.40. The van der Waals surface area contributed by atoms with Crippen molar-refractivity contribution in [2.75, 3.05) is 17.3 Å². The van der Waals surface area contributed by atoms with Crippen LogP contribution in [-0.4, -0.2) is 126 Å². The molecule has 0 unspecified atom stereocenters. The van der Waals surface area contributed by atoms with Crippen molar-refractivity contribution < 1.29 is 43.8 Å². The summed E-state index contributed by atoms with van der Waals surface area (Å²) in [5.74, 6) is -6.58. The van der Waals surface area contributed by atoms with Gasteiger partial charge in [0.1, 0.15) is 42.0 Å². The lowest BCUT2D eigenvalue weighted by atomic mass is 9.99. The number of aromatic nitrogens is 3. The summed E-state index contributed by atoms with van der Waals surface area (Å²) in [6.07, 6.45) is 4.74. The van der Waals surface area contributed by atoms with Crippen molar-refractivity contribution in [3.05, 3.63) is 138 Å². The van der Waals surface area contributed by atoms with Crippen molar-refractivity contribution in [3.8, 4) is 5.75 Å². The monoisotopic (exact) mass is 1050 g/mol. The number of aromatic hydroxyl groups is 1. The summed E-state index contributed by atoms with van der Waals surface area (Å²) in [7, 11) is 0. The van der Waals surface area contributed by atoms with Gasteiger partial charge in [-0.3, -0.25) is 28.8 Å². The van der Waals surface area contributed by atoms with E-state index in [1.165, 1.54) is 12.1 Å². The number of phenols is 1. The predicted octanol–water partition coefficient (Wildman–Crippen LogP) is 2.22. The maximum absolute atomic E-state index is 15.0. The second-order valence-electron chi connectivity index (χ2n) is 17.4. The van der Waals surface area contributed by atoms with Crippen LogP contribution in [0.3, 0.4) is 0 Å². The van der Waals surface area contributed by atoms with Crippen LogP contribution in [0, 0.1) is 0 Å². The number of benzene rings is 4. The number of carbonyl (C=O) groups is 7. The largest absolute Gasteiger partial charge is 0.508 e. The number of H-pyrrole nitrogens is 3. The zero-order valence-electron chi connectivity index (χ0n) is 39.1. The molecular weight excluding hydrogens is 993 g/mol. The maximum atomic E-state index is 15.0. The van der Waals surface area contributed by atoms with Crippen LogP contribution in [0.25, 0.3) is 32.7 Å². The number of carboxylic acids is 1. The Bertz CT molecular complexity index is 3100. The van der Waals surface area contributed by atoms with Crippen molar-refractivity contribution in [2.24, 2.45) is 5.73 Å². The van der Waals surface area contributed by atoms with Crippen molar-refractivity contribution >= 4 is 112 Å². The van der Waals surface area contributed by atoms with Gasteiger partial charge in [-0.05, 0) is 52.6 Å². The number of aromatic amines is 3. The minimum atomic E-state index is -1.44. The summed E-state index contributed by atoms with van der Waals surface area (Å²) < 4.78 is 0. The smallest absolute Gasteiger partial charge is 0.327 e. The Kier molecular flexibility index (Phi) is 18.2. The summed E-state index contributed by atoms with van der Waals surface area (Å²) >= 11 is 12.4. The molecule has 13 N–H and O–H groups in total. The standard InChI is InChI=1S/C51H56N10O9S3/c52-35(24-71)45(63)56-40(18-28-21-53-36-10-4-1-7-32(28)36)47(65)59-41(19-29-22-54-37-11-5-2-8-33(29)37)48(66)57-39(17-27-13-15-31(62)16-14-27)46(64)58-42(20-30-23-55-38-12-6-3-9-34(30)38)49(67)60-43(25-72)50(68)61-44(26-73)51(69)70/h1-16,21-23,35,39-44,53-55,62,71-73H,17-20,24-26,52H2,(H,56,63)(H,57,66)(H,58,64)(H,59,65)(H,60,67)(H,61,68)(H,69,70)/t35-,39-,40-,41-,42-,43-,44-/m0/s1. The Morgan fingerprint density at radius 3 is 1.14 bits per heavy atom. The molecule has 0 fully saturated rings. The lowest BCUT2D eigenvalue weighted by Crippen LogP contribution is -2.61. The number of nitrogens with two attached hydrogens (primary N) is 1. The predicted molar refractivity (Wildman–Crippen MR) is 287 cm³/mol. The molecule has 6 amide bonds. The number of carbonyl (C=O) groups excluding carboxylic acids is 6. The highest BCUT2D eigenvalue weighted by Gasteiger charge is 2.35. The Morgan fingerprint density at radius 1 is 0.438 bits per heavy atom. The lowest BCUT2D eigenvalue weighted by molar-refractivity contribution is -0.141. The van der Waals surface area contributed by atoms with Crippen molar-refractivity contribution in [1.82, 2.24) is 46.9 Å². The molecule has 0 aliphatic carbocycles. The lowest BCUT2D eigenvalue weighted by Gasteiger charge is -2.27. The summed E-state index contributed by atoms with van der Waals surface area (Å²) in [5.41, 5.74) is 10.8. The molecule has 0 bridgehead atoms. The van der Waals surface area contributed by atoms with Gasteiger partial charge in [-0.1, -0.05) is 66.7 Å². The maximum Gasteiger partial charge on any atom is 0.327 e. The molecule has 0 aliphatic rings. The number of thiol groups is 3. The minimum absolute atomic E-state index is 0.000858. The van der Waals surface area contributed by atoms with Gasteiger partial charge in [0, 0.05) is 94.2 Å². The number of hydrogen-bond acceptors (Lipinski definition) is 12. The van der Waals surface area contributed by atoms with E-state index in [-0.39, 0.29) is 48.7 Å². The summed E-state index contributed by atoms with van der Waals surface area (Å²) in [6, 6.07) is 18.8. The number of aliphatic carboxylic acids is 1. The van der Waals surface area contributed by atoms with Crippen molar-refractivity contribution in [2.45, 2.75) is 68.0 Å². The van der Waals surface area contributed by atoms with E-state index in [1.807, 2.05) is 66.7 Å². The zero-order chi connectivity index (χ0) is 52.2. The van der Waals surface area contributed by atoms with E-state index >= 15 is 0 Å². The Balaban J connectivity index is 1.21. The molecule has 22 heteroatoms. The van der Waals surface area contributed by atoms with Gasteiger partial charge < -0.3 is 62.8 Å². The molecule has 0 aliphatic heterocycles. The SMILES string of the molecule is N[C@@H](CS)C(=O)N[C@@H](Cc1c[nH]c2ccccc12)C(=O)N[C@@H](Cc1c[nH]c2ccccc12)C(=O)N[C@@H](Cc1ccc(O)cc1)C(=O)N[C@@H](Cc1c[nH]c2ccccc12)C(=O)N[C@@H](CS)C(=O)N[C@@H](CS)C(=O)O. The molecule has 7 atom stereocenters. The highest BCUT2D eigenvalue weighted by atomic mass is 32.1. The van der Waals surface area contributed by atoms with E-state index in [0.29, 0.717) is 22.3 Å². The minimum Gasteiger partial charge on any atom is -0.508 e. The number of phenolic OH excluding ortho intramolecular Hbond substituents is 1. The molecule has 3 aromatic heterocycles. The van der Waals surface area contributed by atoms with Crippen LogP contribution in [0.4, 0.5) is 0 Å². The molecule has 19 nitrogen and oxygen atoms in total. The number of para-hydroxylation sites is 3. The van der Waals surface area contributed by atoms with Crippen LogP contribution in [0.1, 0.15) is 22.3 Å². The quantitative estimate of drug-likeness (QED) is 0.0392. The number of nitrogens with one attached hydrogen (secondary N) is 9. The fourth-order valence-electron chi connectivity index (χ4n) is 8.37. The molecular formula is C51H56N10O9S3. The van der Waals surface area contributed by atoms with Crippen LogP contribution < -0.4 is 37.6 Å². The number of carboxylic acid groups (broad SMARTS) is 1. The second-order valence-corrected chi connectivity index (χ2v) is 18.5. The average Bonchev–Trinajstić information content (AvgIpc) is 4.13. The highest BCUT2D eigenvalue weighted by molar-refractivity contribution is 7.80. The fourth-order valence-corrected chi connectivity index (χ4v) is 9.04. The summed E-state index contributed by atoms with van der Waals surface area (Å²) in [6.45, 7) is 0. The fraction of sp³-hybridized carbons (Fsp3) is 0.275. The molecule has 73 heavy (non-hydrogen) atoms. The first kappa shape index (κ1) is 53.4. The van der Waals surface area contributed by atoms with Gasteiger partial charge in [-0.15, -0.1) is 0 Å². The highest BCUT2D eigenvalue weighted by Crippen LogP contribution is 2.23. The molecule has 7 rings (SSSR count). The van der Waals surface area contributed by atoms with Crippen LogP contribution in [0.15, 0.2) is 116 Å². The van der Waals surface area contributed by atoms with E-state index < -0.39 is 83.7 Å². The van der Waals surface area contributed by atoms with Crippen LogP contribution in [0.5, 0.6) is 5.75 Å². The first-order valence-corrected chi connectivity index (χ1v) is 25.1. The number of rotatable bonds is 24. The van der Waals surface area contributed by atoms with Gasteiger partial charge in [0.25, 0.3) is 0 Å². The van der Waals surface area contributed by atoms with Gasteiger partial charge in [0.15, 0.2) is 0 Å². The molecule has 0 saturated carbocycles. The third kappa shape index (κ3) is 13.6. The van der Waals surface area contributed by atoms with Crippen LogP contribution in [0.2, 0.25) is 0 Å². The van der Waals surface area contributed by atoms with Crippen molar-refractivity contribution in [3.63, 3.8) is 0 Å². The van der Waals surface area contributed by atoms with Crippen LogP contribution in [-0.2, 0) is 59.2 Å². The third-order valence-corrected chi connectivity index (χ3v) is 13.5. The van der Waals surface area contributed by atoms with E-state index in [1.54, 1.807) is 36.8 Å². The Labute approximate surface area is 435 Å². The number of fused-ring (bicyclic) bond motifs is 3. The Morgan fingerprint density at radius 2 is 0.767 bits per heavy atom. The molecule has 7 aromatic rings. The number of amides is 6. The average molecular weight is 1050 g/mol. The topological polar surface area (TPSA) is 306 Å². The first-order valence-electron chi connectivity index (χ1n) is 23.2. The van der Waals surface area contributed by atoms with Gasteiger partial charge >= 0.3 is 5.97 Å². The second kappa shape index (κ2) is 24.8. The summed E-state index contributed by atoms with van der Waals surface area (Å²) in [5, 5.41) is 38.1. The molecule has 3 heterocycles. The van der Waals surface area contributed by atoms with Gasteiger partial charge in [0.05, 0.1) is 6.04 Å². The molecule has 4 aromatic carbocycles. The van der Waals surface area contributed by atoms with Gasteiger partial charge in [0.2, 0.25) is 35.4 Å². The van der Waals surface area contributed by atoms with Gasteiger partial charge in [-0.2, -0.15) is 37.9 Å². The molecule has 0 spiro atoms. The first-order chi connectivity index (χ1) is 35.1. The van der Waals surface area contributed by atoms with Crippen molar-refractivity contribution in [1.29, 1.82) is 0 Å². The molecule has 0 saturated heterocycles. The van der Waals surface area contributed by atoms with Gasteiger partial charge in [-0.25, -0.2) is 4.79 Å². The normalized spacial score (nSPS) is 14.2. The van der Waals surface area contributed by atoms with E-state index in [2.05, 4.69) is 84.7 Å². The van der Waals surface area contributed by atoms with E-state index in [0.717, 1.165) is 32.7 Å². The van der Waals surface area contributed by atoms with Crippen LogP contribution >= 0.6 is 37.9 Å². The molecule has 0 radical (unpaired) electrons. The zero-order valence-corrected chi connectivity index (χ0v) is 41.8. The van der Waals surface area contributed by atoms with E-state index in [4.69, 9.17) is 5.73 Å². The third-order valence-electron chi connectivity index (χ3n) is 12.4. The number of hydrogen-bond donors (Lipinski definition) is 15. The summed E-state index contributed by atoms with van der Waals surface area (Å²) in [4.78, 5) is 107. The van der Waals surface area contributed by atoms with E-state index in [9.17, 15) is 43.8 Å². The molecule has 382 valence electrons.